The van der Waals surface area contributed by atoms with Gasteiger partial charge in [-0.3, -0.25) is 4.79 Å². The van der Waals surface area contributed by atoms with E-state index in [1.54, 1.807) is 18.3 Å². The van der Waals surface area contributed by atoms with Crippen molar-refractivity contribution in [1.82, 2.24) is 14.5 Å². The van der Waals surface area contributed by atoms with Gasteiger partial charge in [0.05, 0.1) is 12.5 Å². The molecular formula is C21H28FN3O2. The van der Waals surface area contributed by atoms with Gasteiger partial charge in [0.2, 0.25) is 5.91 Å². The summed E-state index contributed by atoms with van der Waals surface area (Å²) in [6.07, 6.45) is 6.63. The van der Waals surface area contributed by atoms with Gasteiger partial charge in [-0.25, -0.2) is 9.37 Å². The molecule has 1 aliphatic rings. The van der Waals surface area contributed by atoms with Crippen molar-refractivity contribution < 1.29 is 13.9 Å². The number of imidazole rings is 1. The number of piperidine rings is 1. The molecule has 0 radical (unpaired) electrons. The summed E-state index contributed by atoms with van der Waals surface area (Å²) in [7, 11) is 0. The Morgan fingerprint density at radius 1 is 1.37 bits per heavy atom. The Bertz CT molecular complexity index is 744. The van der Waals surface area contributed by atoms with Crippen molar-refractivity contribution in [2.45, 2.75) is 39.7 Å². The highest BCUT2D eigenvalue weighted by molar-refractivity contribution is 5.78. The summed E-state index contributed by atoms with van der Waals surface area (Å²) in [6.45, 7) is 6.79. The second-order valence-electron chi connectivity index (χ2n) is 7.31. The van der Waals surface area contributed by atoms with Gasteiger partial charge in [-0.15, -0.1) is 0 Å². The molecular weight excluding hydrogens is 345 g/mol. The Hall–Kier alpha value is -2.37. The lowest BCUT2D eigenvalue weighted by Gasteiger charge is -2.34. The van der Waals surface area contributed by atoms with Crippen molar-refractivity contribution in [3.05, 3.63) is 48.3 Å². The molecule has 3 rings (SSSR count). The Morgan fingerprint density at radius 2 is 2.15 bits per heavy atom. The molecule has 0 spiro atoms. The van der Waals surface area contributed by atoms with Gasteiger partial charge >= 0.3 is 0 Å². The molecule has 1 saturated heterocycles. The van der Waals surface area contributed by atoms with E-state index < -0.39 is 0 Å². The van der Waals surface area contributed by atoms with Crippen LogP contribution in [0.5, 0.6) is 5.75 Å². The summed E-state index contributed by atoms with van der Waals surface area (Å²) >= 11 is 0. The minimum atomic E-state index is -0.269. The number of benzene rings is 1. The number of aryl methyl sites for hydroxylation is 1. The minimum absolute atomic E-state index is 0.0822. The third kappa shape index (κ3) is 5.08. The maximum Gasteiger partial charge on any atom is 0.227 e. The number of aromatic nitrogens is 2. The van der Waals surface area contributed by atoms with Crippen LogP contribution in [0.3, 0.4) is 0 Å². The molecule has 0 aliphatic carbocycles. The number of likely N-dealkylation sites (tertiary alicyclic amines) is 1. The van der Waals surface area contributed by atoms with Crippen molar-refractivity contribution >= 4 is 5.91 Å². The fraction of sp³-hybridized carbons (Fsp3) is 0.524. The molecule has 27 heavy (non-hydrogen) atoms. The lowest BCUT2D eigenvalue weighted by atomic mass is 9.97. The van der Waals surface area contributed by atoms with Crippen LogP contribution in [-0.2, 0) is 17.8 Å². The minimum Gasteiger partial charge on any atom is -0.493 e. The molecule has 1 aromatic heterocycles. The first-order valence-corrected chi connectivity index (χ1v) is 9.74. The lowest BCUT2D eigenvalue weighted by molar-refractivity contribution is -0.137. The van der Waals surface area contributed by atoms with Gasteiger partial charge in [0.1, 0.15) is 17.4 Å². The van der Waals surface area contributed by atoms with Gasteiger partial charge in [-0.2, -0.15) is 0 Å². The lowest BCUT2D eigenvalue weighted by Crippen LogP contribution is -2.44. The smallest absolute Gasteiger partial charge is 0.227 e. The van der Waals surface area contributed by atoms with Crippen LogP contribution in [0.15, 0.2) is 36.7 Å². The van der Waals surface area contributed by atoms with Crippen LogP contribution in [0, 0.1) is 17.7 Å². The first kappa shape index (κ1) is 19.4. The maximum absolute atomic E-state index is 13.0. The van der Waals surface area contributed by atoms with Crippen molar-refractivity contribution in [3.63, 3.8) is 0 Å². The predicted octanol–water partition coefficient (Wildman–Crippen LogP) is 3.54. The predicted molar refractivity (Wildman–Crippen MR) is 102 cm³/mol. The Labute approximate surface area is 160 Å². The zero-order valence-corrected chi connectivity index (χ0v) is 16.1. The van der Waals surface area contributed by atoms with Gasteiger partial charge in [0.25, 0.3) is 0 Å². The molecule has 5 nitrogen and oxygen atoms in total. The number of rotatable bonds is 7. The summed E-state index contributed by atoms with van der Waals surface area (Å²) in [6, 6.07) is 6.07. The van der Waals surface area contributed by atoms with Gasteiger partial charge in [-0.1, -0.05) is 13.8 Å². The summed E-state index contributed by atoms with van der Waals surface area (Å²) in [5.74, 6) is 1.83. The molecule has 1 aromatic carbocycles. The first-order chi connectivity index (χ1) is 13.1. The molecule has 1 amide bonds. The second kappa shape index (κ2) is 9.02. The molecule has 2 aromatic rings. The molecule has 0 N–H and O–H groups in total. The van der Waals surface area contributed by atoms with E-state index in [1.165, 1.54) is 12.1 Å². The number of ether oxygens (including phenoxy) is 1. The fourth-order valence-corrected chi connectivity index (χ4v) is 3.65. The first-order valence-electron chi connectivity index (χ1n) is 9.74. The van der Waals surface area contributed by atoms with Gasteiger partial charge in [0, 0.05) is 44.4 Å². The standard InChI is InChI=1S/C21H28FN3O2/c1-3-20-23-10-12-24(20)13-16(2)21(26)25-11-4-5-17(14-25)15-27-19-8-6-18(22)7-9-19/h6-10,12,16-17H,3-5,11,13-15H2,1-2H3/t16-,17+/m1/s1. The summed E-state index contributed by atoms with van der Waals surface area (Å²) in [5.41, 5.74) is 0. The number of carbonyl (C=O) groups is 1. The van der Waals surface area contributed by atoms with Crippen LogP contribution in [0.1, 0.15) is 32.5 Å². The molecule has 146 valence electrons. The van der Waals surface area contributed by atoms with Crippen molar-refractivity contribution in [3.8, 4) is 5.75 Å². The van der Waals surface area contributed by atoms with Crippen molar-refractivity contribution in [1.29, 1.82) is 0 Å². The Balaban J connectivity index is 1.51. The molecule has 6 heteroatoms. The molecule has 2 atom stereocenters. The third-order valence-electron chi connectivity index (χ3n) is 5.14. The van der Waals surface area contributed by atoms with E-state index in [1.807, 2.05) is 18.0 Å². The van der Waals surface area contributed by atoms with Gasteiger partial charge in [0.15, 0.2) is 0 Å². The van der Waals surface area contributed by atoms with Crippen molar-refractivity contribution in [2.24, 2.45) is 11.8 Å². The topological polar surface area (TPSA) is 47.4 Å². The highest BCUT2D eigenvalue weighted by Gasteiger charge is 2.27. The van der Waals surface area contributed by atoms with Crippen LogP contribution in [0.2, 0.25) is 0 Å². The maximum atomic E-state index is 13.0. The van der Waals surface area contributed by atoms with Crippen LogP contribution in [0.25, 0.3) is 0 Å². The largest absolute Gasteiger partial charge is 0.493 e. The summed E-state index contributed by atoms with van der Waals surface area (Å²) < 4.78 is 20.8. The number of hydrogen-bond donors (Lipinski definition) is 0. The Morgan fingerprint density at radius 3 is 2.89 bits per heavy atom. The van der Waals surface area contributed by atoms with Crippen LogP contribution >= 0.6 is 0 Å². The van der Waals surface area contributed by atoms with Crippen molar-refractivity contribution in [2.75, 3.05) is 19.7 Å². The van der Waals surface area contributed by atoms with E-state index >= 15 is 0 Å². The number of amides is 1. The van der Waals surface area contributed by atoms with Gasteiger partial charge in [-0.05, 0) is 37.1 Å². The van der Waals surface area contributed by atoms with E-state index in [0.717, 1.165) is 38.2 Å². The monoisotopic (exact) mass is 373 g/mol. The molecule has 0 saturated carbocycles. The van der Waals surface area contributed by atoms with E-state index in [2.05, 4.69) is 16.5 Å². The quantitative estimate of drug-likeness (QED) is 0.746. The fourth-order valence-electron chi connectivity index (χ4n) is 3.65. The highest BCUT2D eigenvalue weighted by atomic mass is 19.1. The van der Waals surface area contributed by atoms with Crippen LogP contribution in [-0.4, -0.2) is 40.1 Å². The Kier molecular flexibility index (Phi) is 6.48. The van der Waals surface area contributed by atoms with E-state index in [4.69, 9.17) is 4.74 Å². The van der Waals surface area contributed by atoms with Crippen LogP contribution in [0.4, 0.5) is 4.39 Å². The van der Waals surface area contributed by atoms with E-state index in [-0.39, 0.29) is 17.6 Å². The zero-order chi connectivity index (χ0) is 19.2. The highest BCUT2D eigenvalue weighted by Crippen LogP contribution is 2.21. The number of carbonyl (C=O) groups excluding carboxylic acids is 1. The SMILES string of the molecule is CCc1nccn1C[C@@H](C)C(=O)N1CCC[C@H](COc2ccc(F)cc2)C1. The third-order valence-corrected chi connectivity index (χ3v) is 5.14. The average molecular weight is 373 g/mol. The van der Waals surface area contributed by atoms with Crippen LogP contribution < -0.4 is 4.74 Å². The van der Waals surface area contributed by atoms with E-state index in [0.29, 0.717) is 24.8 Å². The summed E-state index contributed by atoms with van der Waals surface area (Å²) in [5, 5.41) is 0. The molecule has 1 aliphatic heterocycles. The zero-order valence-electron chi connectivity index (χ0n) is 16.1. The molecule has 0 unspecified atom stereocenters. The number of halogens is 1. The summed E-state index contributed by atoms with van der Waals surface area (Å²) in [4.78, 5) is 19.2. The molecule has 1 fully saturated rings. The average Bonchev–Trinajstić information content (AvgIpc) is 3.14. The number of nitrogens with zero attached hydrogens (tertiary/aromatic N) is 3. The van der Waals surface area contributed by atoms with E-state index in [9.17, 15) is 9.18 Å². The molecule has 0 bridgehead atoms. The normalized spacial score (nSPS) is 18.3. The van der Waals surface area contributed by atoms with Gasteiger partial charge < -0.3 is 14.2 Å². The molecule has 2 heterocycles. The second-order valence-corrected chi connectivity index (χ2v) is 7.31. The number of hydrogen-bond acceptors (Lipinski definition) is 3.